The summed E-state index contributed by atoms with van der Waals surface area (Å²) < 4.78 is 0. The second-order valence-electron chi connectivity index (χ2n) is 3.58. The first-order valence-electron chi connectivity index (χ1n) is 4.34. The fraction of sp³-hybridized carbons (Fsp3) is 0.667. The molecule has 3 nitrogen and oxygen atoms in total. The van der Waals surface area contributed by atoms with E-state index in [0.29, 0.717) is 5.92 Å². The third-order valence-electron chi connectivity index (χ3n) is 1.92. The van der Waals surface area contributed by atoms with Crippen molar-refractivity contribution in [2.24, 2.45) is 5.73 Å². The Hall–Kier alpha value is -0.830. The Morgan fingerprint density at radius 1 is 1.33 bits per heavy atom. The highest BCUT2D eigenvalue weighted by molar-refractivity contribution is 5.17. The maximum atomic E-state index is 5.70. The van der Waals surface area contributed by atoms with Gasteiger partial charge in [-0.3, -0.25) is 0 Å². The average Bonchev–Trinajstić information content (AvgIpc) is 2.30. The molecule has 0 unspecified atom stereocenters. The zero-order valence-corrected chi connectivity index (χ0v) is 8.18. The highest BCUT2D eigenvalue weighted by Gasteiger charge is 2.11. The van der Waals surface area contributed by atoms with E-state index in [9.17, 15) is 0 Å². The van der Waals surface area contributed by atoms with Crippen LogP contribution in [-0.4, -0.2) is 9.97 Å². The molecular formula is C9H17N3. The Morgan fingerprint density at radius 2 is 1.92 bits per heavy atom. The van der Waals surface area contributed by atoms with Crippen molar-refractivity contribution < 1.29 is 0 Å². The van der Waals surface area contributed by atoms with Gasteiger partial charge in [-0.25, -0.2) is 4.98 Å². The lowest BCUT2D eigenvalue weighted by atomic mass is 10.1. The number of aromatic nitrogens is 2. The van der Waals surface area contributed by atoms with Gasteiger partial charge in [0.2, 0.25) is 0 Å². The first-order chi connectivity index (χ1) is 5.52. The normalized spacial score (nSPS) is 13.8. The number of nitrogens with zero attached hydrogens (tertiary/aromatic N) is 1. The predicted octanol–water partition coefficient (Wildman–Crippen LogP) is 1.86. The number of nitrogens with two attached hydrogens (primary N) is 1. The van der Waals surface area contributed by atoms with Crippen LogP contribution < -0.4 is 5.73 Å². The molecule has 1 heterocycles. The first-order valence-corrected chi connectivity index (χ1v) is 4.34. The molecule has 0 aliphatic heterocycles. The first kappa shape index (κ1) is 9.26. The topological polar surface area (TPSA) is 54.7 Å². The molecule has 3 heteroatoms. The summed E-state index contributed by atoms with van der Waals surface area (Å²) >= 11 is 0. The Bertz CT molecular complexity index is 261. The van der Waals surface area contributed by atoms with Crippen LogP contribution in [0.4, 0.5) is 0 Å². The van der Waals surface area contributed by atoms with Gasteiger partial charge in [-0.05, 0) is 19.8 Å². The number of hydrogen-bond acceptors (Lipinski definition) is 2. The minimum absolute atomic E-state index is 0.00352. The number of H-pyrrole nitrogens is 1. The van der Waals surface area contributed by atoms with Crippen LogP contribution in [0, 0.1) is 6.92 Å². The molecule has 0 fully saturated rings. The number of imidazole rings is 1. The fourth-order valence-corrected chi connectivity index (χ4v) is 1.28. The van der Waals surface area contributed by atoms with E-state index in [1.807, 2.05) is 13.8 Å². The van der Waals surface area contributed by atoms with E-state index in [-0.39, 0.29) is 6.04 Å². The molecule has 12 heavy (non-hydrogen) atoms. The Labute approximate surface area is 73.4 Å². The van der Waals surface area contributed by atoms with Crippen molar-refractivity contribution >= 4 is 0 Å². The van der Waals surface area contributed by atoms with Crippen molar-refractivity contribution in [1.29, 1.82) is 0 Å². The minimum atomic E-state index is -0.00352. The summed E-state index contributed by atoms with van der Waals surface area (Å²) in [6.07, 6.45) is 0. The van der Waals surface area contributed by atoms with Gasteiger partial charge in [0, 0.05) is 5.69 Å². The molecule has 0 saturated carbocycles. The zero-order chi connectivity index (χ0) is 9.30. The van der Waals surface area contributed by atoms with Crippen molar-refractivity contribution in [3.63, 3.8) is 0 Å². The van der Waals surface area contributed by atoms with Crippen LogP contribution in [0.1, 0.15) is 49.9 Å². The second kappa shape index (κ2) is 3.27. The van der Waals surface area contributed by atoms with Crippen LogP contribution in [0.25, 0.3) is 0 Å². The van der Waals surface area contributed by atoms with Crippen LogP contribution in [0.3, 0.4) is 0 Å². The Kier molecular flexibility index (Phi) is 2.52. The van der Waals surface area contributed by atoms with Crippen LogP contribution in [0.2, 0.25) is 0 Å². The number of hydrogen-bond donors (Lipinski definition) is 2. The van der Waals surface area contributed by atoms with Crippen molar-refractivity contribution in [3.8, 4) is 0 Å². The van der Waals surface area contributed by atoms with Crippen LogP contribution in [-0.2, 0) is 0 Å². The average molecular weight is 167 g/mol. The molecule has 0 amide bonds. The van der Waals surface area contributed by atoms with Crippen LogP contribution in [0.5, 0.6) is 0 Å². The van der Waals surface area contributed by atoms with E-state index >= 15 is 0 Å². The number of aryl methyl sites for hydroxylation is 1. The summed E-state index contributed by atoms with van der Waals surface area (Å²) in [5, 5.41) is 0. The third-order valence-corrected chi connectivity index (χ3v) is 1.92. The molecule has 0 spiro atoms. The van der Waals surface area contributed by atoms with Gasteiger partial charge in [-0.2, -0.15) is 0 Å². The lowest BCUT2D eigenvalue weighted by molar-refractivity contribution is 0.742. The quantitative estimate of drug-likeness (QED) is 0.706. The van der Waals surface area contributed by atoms with Gasteiger partial charge in [0.1, 0.15) is 5.82 Å². The highest BCUT2D eigenvalue weighted by atomic mass is 15.0. The lowest BCUT2D eigenvalue weighted by Crippen LogP contribution is -2.06. The summed E-state index contributed by atoms with van der Waals surface area (Å²) in [4.78, 5) is 7.62. The second-order valence-corrected chi connectivity index (χ2v) is 3.58. The molecular weight excluding hydrogens is 150 g/mol. The van der Waals surface area contributed by atoms with E-state index in [1.54, 1.807) is 0 Å². The number of nitrogens with one attached hydrogen (secondary N) is 1. The molecule has 0 aromatic carbocycles. The number of aromatic amines is 1. The van der Waals surface area contributed by atoms with Crippen molar-refractivity contribution in [3.05, 3.63) is 17.2 Å². The Morgan fingerprint density at radius 3 is 2.17 bits per heavy atom. The van der Waals surface area contributed by atoms with Gasteiger partial charge in [0.25, 0.3) is 0 Å². The summed E-state index contributed by atoms with van der Waals surface area (Å²) in [6, 6.07) is -0.00352. The molecule has 0 aliphatic rings. The molecule has 68 valence electrons. The smallest absolute Gasteiger partial charge is 0.123 e. The van der Waals surface area contributed by atoms with Gasteiger partial charge < -0.3 is 10.7 Å². The van der Waals surface area contributed by atoms with Gasteiger partial charge in [0.15, 0.2) is 0 Å². The predicted molar refractivity (Wildman–Crippen MR) is 50.0 cm³/mol. The molecule has 0 bridgehead atoms. The molecule has 1 atom stereocenters. The van der Waals surface area contributed by atoms with Crippen molar-refractivity contribution in [2.75, 3.05) is 0 Å². The zero-order valence-electron chi connectivity index (χ0n) is 8.18. The minimum Gasteiger partial charge on any atom is -0.345 e. The summed E-state index contributed by atoms with van der Waals surface area (Å²) in [7, 11) is 0. The summed E-state index contributed by atoms with van der Waals surface area (Å²) in [5.74, 6) is 1.35. The van der Waals surface area contributed by atoms with E-state index in [1.165, 1.54) is 0 Å². The largest absolute Gasteiger partial charge is 0.345 e. The maximum absolute atomic E-state index is 5.70. The molecule has 0 radical (unpaired) electrons. The van der Waals surface area contributed by atoms with Crippen LogP contribution >= 0.6 is 0 Å². The van der Waals surface area contributed by atoms with Crippen molar-refractivity contribution in [1.82, 2.24) is 9.97 Å². The van der Waals surface area contributed by atoms with Gasteiger partial charge in [-0.15, -0.1) is 0 Å². The standard InChI is InChI=1S/C9H17N3/c1-5(2)8-7(4)11-9(12-8)6(3)10/h5-6H,10H2,1-4H3,(H,11,12)/t6-/m1/s1. The van der Waals surface area contributed by atoms with E-state index < -0.39 is 0 Å². The van der Waals surface area contributed by atoms with E-state index in [2.05, 4.69) is 23.8 Å². The molecule has 3 N–H and O–H groups in total. The third kappa shape index (κ3) is 1.67. The summed E-state index contributed by atoms with van der Waals surface area (Å²) in [6.45, 7) is 8.23. The highest BCUT2D eigenvalue weighted by Crippen LogP contribution is 2.17. The van der Waals surface area contributed by atoms with E-state index in [4.69, 9.17) is 5.73 Å². The lowest BCUT2D eigenvalue weighted by Gasteiger charge is -2.00. The summed E-state index contributed by atoms with van der Waals surface area (Å²) in [5.41, 5.74) is 7.97. The molecule has 0 aliphatic carbocycles. The van der Waals surface area contributed by atoms with Gasteiger partial charge in [-0.1, -0.05) is 13.8 Å². The van der Waals surface area contributed by atoms with Crippen LogP contribution in [0.15, 0.2) is 0 Å². The molecule has 1 rings (SSSR count). The van der Waals surface area contributed by atoms with Gasteiger partial charge >= 0.3 is 0 Å². The number of rotatable bonds is 2. The molecule has 1 aromatic heterocycles. The van der Waals surface area contributed by atoms with Crippen molar-refractivity contribution in [2.45, 2.75) is 39.7 Å². The fourth-order valence-electron chi connectivity index (χ4n) is 1.28. The van der Waals surface area contributed by atoms with Gasteiger partial charge in [0.05, 0.1) is 11.7 Å². The monoisotopic (exact) mass is 167 g/mol. The SMILES string of the molecule is Cc1[nH]c([C@@H](C)N)nc1C(C)C. The molecule has 0 saturated heterocycles. The maximum Gasteiger partial charge on any atom is 0.123 e. The Balaban J connectivity index is 3.00. The molecule has 1 aromatic rings. The van der Waals surface area contributed by atoms with E-state index in [0.717, 1.165) is 17.2 Å².